The minimum atomic E-state index is -0.589. The van der Waals surface area contributed by atoms with Crippen molar-refractivity contribution < 1.29 is 14.5 Å². The Morgan fingerprint density at radius 2 is 1.87 bits per heavy atom. The molecular formula is C22H18N4O4. The van der Waals surface area contributed by atoms with E-state index in [4.69, 9.17) is 4.74 Å². The largest absolute Gasteiger partial charge is 0.457 e. The van der Waals surface area contributed by atoms with Crippen LogP contribution in [0.15, 0.2) is 66.9 Å². The number of carbonyl (C=O) groups is 1. The quantitative estimate of drug-likeness (QED) is 0.269. The minimum absolute atomic E-state index is 0.0889. The lowest BCUT2D eigenvalue weighted by molar-refractivity contribution is -0.385. The predicted octanol–water partition coefficient (Wildman–Crippen LogP) is 4.38. The molecule has 0 saturated carbocycles. The number of aryl methyl sites for hydroxylation is 1. The summed E-state index contributed by atoms with van der Waals surface area (Å²) >= 11 is 0. The number of para-hydroxylation sites is 1. The van der Waals surface area contributed by atoms with Crippen molar-refractivity contribution in [2.24, 2.45) is 0 Å². The van der Waals surface area contributed by atoms with E-state index >= 15 is 0 Å². The number of esters is 1. The third-order valence-electron chi connectivity index (χ3n) is 4.75. The Labute approximate surface area is 171 Å². The van der Waals surface area contributed by atoms with Crippen LogP contribution in [-0.4, -0.2) is 25.7 Å². The maximum absolute atomic E-state index is 12.9. The molecule has 4 rings (SSSR count). The topological polar surface area (TPSA) is 100 Å². The van der Waals surface area contributed by atoms with Crippen LogP contribution in [0.4, 0.5) is 5.69 Å². The second kappa shape index (κ2) is 8.12. The van der Waals surface area contributed by atoms with Gasteiger partial charge in [0, 0.05) is 18.2 Å². The lowest BCUT2D eigenvalue weighted by Crippen LogP contribution is -2.08. The number of benzene rings is 2. The lowest BCUT2D eigenvalue weighted by Gasteiger charge is -2.09. The van der Waals surface area contributed by atoms with Crippen molar-refractivity contribution in [3.8, 4) is 11.3 Å². The van der Waals surface area contributed by atoms with Crippen molar-refractivity contribution in [3.05, 3.63) is 88.1 Å². The van der Waals surface area contributed by atoms with Crippen LogP contribution in [0.3, 0.4) is 0 Å². The van der Waals surface area contributed by atoms with Crippen molar-refractivity contribution in [2.75, 3.05) is 0 Å². The smallest absolute Gasteiger partial charge is 0.339 e. The van der Waals surface area contributed by atoms with Gasteiger partial charge in [-0.15, -0.1) is 0 Å². The summed E-state index contributed by atoms with van der Waals surface area (Å²) in [5.41, 5.74) is 2.61. The van der Waals surface area contributed by atoms with Crippen LogP contribution in [0, 0.1) is 10.1 Å². The molecule has 2 heterocycles. The summed E-state index contributed by atoms with van der Waals surface area (Å²) in [7, 11) is 0. The first-order valence-electron chi connectivity index (χ1n) is 9.40. The third kappa shape index (κ3) is 3.62. The van der Waals surface area contributed by atoms with Crippen LogP contribution in [0.25, 0.3) is 22.3 Å². The second-order valence-electron chi connectivity index (χ2n) is 6.58. The Hall–Kier alpha value is -4.07. The Bertz CT molecular complexity index is 1230. The van der Waals surface area contributed by atoms with Gasteiger partial charge >= 0.3 is 5.97 Å². The van der Waals surface area contributed by atoms with Crippen molar-refractivity contribution in [2.45, 2.75) is 20.1 Å². The number of hydrogen-bond donors (Lipinski definition) is 0. The number of ether oxygens (including phenoxy) is 1. The van der Waals surface area contributed by atoms with Crippen LogP contribution in [-0.2, 0) is 17.9 Å². The van der Waals surface area contributed by atoms with Gasteiger partial charge in [-0.1, -0.05) is 42.5 Å². The van der Waals surface area contributed by atoms with Gasteiger partial charge in [0.25, 0.3) is 5.69 Å². The zero-order valence-corrected chi connectivity index (χ0v) is 16.2. The fourth-order valence-corrected chi connectivity index (χ4v) is 3.24. The van der Waals surface area contributed by atoms with Crippen molar-refractivity contribution >= 4 is 22.7 Å². The van der Waals surface area contributed by atoms with Gasteiger partial charge < -0.3 is 4.74 Å². The molecule has 0 aliphatic rings. The van der Waals surface area contributed by atoms with Gasteiger partial charge in [0.1, 0.15) is 6.61 Å². The molecule has 0 fully saturated rings. The molecule has 150 valence electrons. The first kappa shape index (κ1) is 19.3. The molecule has 8 nitrogen and oxygen atoms in total. The molecule has 0 spiro atoms. The number of carbonyl (C=O) groups excluding carboxylic acids is 1. The molecule has 0 aliphatic heterocycles. The van der Waals surface area contributed by atoms with Gasteiger partial charge in [-0.25, -0.2) is 14.5 Å². The Kier molecular flexibility index (Phi) is 5.21. The highest BCUT2D eigenvalue weighted by Gasteiger charge is 2.20. The minimum Gasteiger partial charge on any atom is -0.457 e. The molecule has 0 atom stereocenters. The number of nitrogens with zero attached hydrogens (tertiary/aromatic N) is 4. The SMILES string of the molecule is CCn1ncc2c(C(=O)OCc3ccccc3[N+](=O)[O-])cc(-c3ccccc3)nc21. The molecule has 4 aromatic rings. The van der Waals surface area contributed by atoms with Gasteiger partial charge in [0.2, 0.25) is 0 Å². The summed E-state index contributed by atoms with van der Waals surface area (Å²) in [4.78, 5) is 28.3. The van der Waals surface area contributed by atoms with E-state index in [2.05, 4.69) is 10.1 Å². The van der Waals surface area contributed by atoms with E-state index in [1.165, 1.54) is 6.07 Å². The van der Waals surface area contributed by atoms with Gasteiger partial charge in [0.15, 0.2) is 5.65 Å². The molecule has 2 aromatic carbocycles. The van der Waals surface area contributed by atoms with Gasteiger partial charge in [-0.2, -0.15) is 5.10 Å². The van der Waals surface area contributed by atoms with Gasteiger partial charge in [0.05, 0.1) is 33.3 Å². The van der Waals surface area contributed by atoms with Crippen LogP contribution in [0.5, 0.6) is 0 Å². The Balaban J connectivity index is 1.72. The number of nitro groups is 1. The number of rotatable bonds is 6. The molecule has 30 heavy (non-hydrogen) atoms. The highest BCUT2D eigenvalue weighted by Crippen LogP contribution is 2.26. The fraction of sp³-hybridized carbons (Fsp3) is 0.136. The maximum atomic E-state index is 12.9. The summed E-state index contributed by atoms with van der Waals surface area (Å²) in [6.45, 7) is 2.33. The zero-order valence-electron chi connectivity index (χ0n) is 16.2. The number of aromatic nitrogens is 3. The molecular weight excluding hydrogens is 384 g/mol. The molecule has 0 amide bonds. The Morgan fingerprint density at radius 1 is 1.13 bits per heavy atom. The van der Waals surface area contributed by atoms with Gasteiger partial charge in [-0.05, 0) is 19.1 Å². The summed E-state index contributed by atoms with van der Waals surface area (Å²) in [5.74, 6) is -0.589. The highest BCUT2D eigenvalue weighted by molar-refractivity contribution is 6.03. The average Bonchev–Trinajstić information content (AvgIpc) is 3.20. The molecule has 0 N–H and O–H groups in total. The first-order valence-corrected chi connectivity index (χ1v) is 9.40. The summed E-state index contributed by atoms with van der Waals surface area (Å²) in [6, 6.07) is 17.4. The van der Waals surface area contributed by atoms with E-state index < -0.39 is 10.9 Å². The predicted molar refractivity (Wildman–Crippen MR) is 111 cm³/mol. The van der Waals surface area contributed by atoms with E-state index in [-0.39, 0.29) is 12.3 Å². The standard InChI is InChI=1S/C22H18N4O4/c1-2-25-21-18(13-23-25)17(12-19(24-21)15-8-4-3-5-9-15)22(27)30-14-16-10-6-7-11-20(16)26(28)29/h3-13H,2,14H2,1H3. The van der Waals surface area contributed by atoms with E-state index in [0.29, 0.717) is 34.4 Å². The van der Waals surface area contributed by atoms with Crippen LogP contribution >= 0.6 is 0 Å². The van der Waals surface area contributed by atoms with Crippen molar-refractivity contribution in [1.29, 1.82) is 0 Å². The molecule has 0 aliphatic carbocycles. The van der Waals surface area contributed by atoms with E-state index in [1.54, 1.807) is 35.1 Å². The van der Waals surface area contributed by atoms with E-state index in [1.807, 2.05) is 37.3 Å². The monoisotopic (exact) mass is 402 g/mol. The number of pyridine rings is 1. The molecule has 0 radical (unpaired) electrons. The van der Waals surface area contributed by atoms with Crippen LogP contribution < -0.4 is 0 Å². The third-order valence-corrected chi connectivity index (χ3v) is 4.75. The van der Waals surface area contributed by atoms with E-state index in [9.17, 15) is 14.9 Å². The number of fused-ring (bicyclic) bond motifs is 1. The van der Waals surface area contributed by atoms with Crippen LogP contribution in [0.1, 0.15) is 22.8 Å². The lowest BCUT2D eigenvalue weighted by atomic mass is 10.1. The summed E-state index contributed by atoms with van der Waals surface area (Å²) in [5, 5.41) is 16.1. The van der Waals surface area contributed by atoms with E-state index in [0.717, 1.165) is 5.56 Å². The zero-order chi connectivity index (χ0) is 21.1. The molecule has 2 aromatic heterocycles. The normalized spacial score (nSPS) is 10.8. The molecule has 0 bridgehead atoms. The Morgan fingerprint density at radius 3 is 2.60 bits per heavy atom. The fourth-order valence-electron chi connectivity index (χ4n) is 3.24. The van der Waals surface area contributed by atoms with Crippen molar-refractivity contribution in [3.63, 3.8) is 0 Å². The van der Waals surface area contributed by atoms with Crippen LogP contribution in [0.2, 0.25) is 0 Å². The second-order valence-corrected chi connectivity index (χ2v) is 6.58. The molecule has 0 saturated heterocycles. The number of hydrogen-bond acceptors (Lipinski definition) is 6. The maximum Gasteiger partial charge on any atom is 0.339 e. The average molecular weight is 402 g/mol. The highest BCUT2D eigenvalue weighted by atomic mass is 16.6. The van der Waals surface area contributed by atoms with Gasteiger partial charge in [-0.3, -0.25) is 10.1 Å². The number of nitro benzene ring substituents is 1. The van der Waals surface area contributed by atoms with Crippen molar-refractivity contribution in [1.82, 2.24) is 14.8 Å². The summed E-state index contributed by atoms with van der Waals surface area (Å²) < 4.78 is 7.15. The first-order chi connectivity index (χ1) is 14.6. The molecule has 0 unspecified atom stereocenters. The molecule has 8 heteroatoms. The summed E-state index contributed by atoms with van der Waals surface area (Å²) in [6.07, 6.45) is 1.59.